The highest BCUT2D eigenvalue weighted by molar-refractivity contribution is 9.10. The summed E-state index contributed by atoms with van der Waals surface area (Å²) in [7, 11) is 0. The number of rotatable bonds is 5. The van der Waals surface area contributed by atoms with Gasteiger partial charge in [0.15, 0.2) is 11.0 Å². The molecule has 0 saturated heterocycles. The monoisotopic (exact) mass is 377 g/mol. The van der Waals surface area contributed by atoms with Crippen molar-refractivity contribution in [3.8, 4) is 5.69 Å². The van der Waals surface area contributed by atoms with Crippen molar-refractivity contribution < 1.29 is 15.0 Å². The van der Waals surface area contributed by atoms with E-state index in [0.29, 0.717) is 15.9 Å². The Labute approximate surface area is 131 Å². The molecule has 106 valence electrons. The summed E-state index contributed by atoms with van der Waals surface area (Å²) in [4.78, 5) is 10.7. The van der Waals surface area contributed by atoms with E-state index in [1.165, 1.54) is 0 Å². The minimum Gasteiger partial charge on any atom is -0.481 e. The van der Waals surface area contributed by atoms with E-state index < -0.39 is 5.97 Å². The number of hydrogen-bond acceptors (Lipinski definition) is 5. The Bertz CT molecular complexity index is 650. The normalized spacial score (nSPS) is 10.8. The standard InChI is InChI=1S/C11H9BrClN3O3S/c12-6-1-2-7(13)8(3-6)16-9(4-17)14-15-11(16)20-5-10(18)19/h1-3,17H,4-5H2,(H,18,19). The van der Waals surface area contributed by atoms with Crippen LogP contribution in [0.2, 0.25) is 5.02 Å². The number of hydrogen-bond donors (Lipinski definition) is 2. The second-order valence-corrected chi connectivity index (χ2v) is 5.94. The highest BCUT2D eigenvalue weighted by Gasteiger charge is 2.17. The van der Waals surface area contributed by atoms with E-state index in [-0.39, 0.29) is 18.2 Å². The summed E-state index contributed by atoms with van der Waals surface area (Å²) in [5, 5.41) is 26.6. The molecule has 6 nitrogen and oxygen atoms in total. The van der Waals surface area contributed by atoms with Gasteiger partial charge >= 0.3 is 5.97 Å². The minimum absolute atomic E-state index is 0.158. The van der Waals surface area contributed by atoms with Gasteiger partial charge in [0.2, 0.25) is 0 Å². The molecule has 0 fully saturated rings. The van der Waals surface area contributed by atoms with Crippen molar-refractivity contribution in [3.05, 3.63) is 33.5 Å². The van der Waals surface area contributed by atoms with E-state index in [0.717, 1.165) is 16.2 Å². The van der Waals surface area contributed by atoms with Gasteiger partial charge in [-0.2, -0.15) is 0 Å². The Kier molecular flexibility index (Phi) is 5.03. The first kappa shape index (κ1) is 15.3. The molecule has 0 aliphatic rings. The molecule has 0 amide bonds. The molecule has 9 heteroatoms. The molecule has 2 rings (SSSR count). The van der Waals surface area contributed by atoms with E-state index in [2.05, 4.69) is 26.1 Å². The topological polar surface area (TPSA) is 88.2 Å². The number of aliphatic hydroxyl groups excluding tert-OH is 1. The van der Waals surface area contributed by atoms with Crippen LogP contribution in [-0.2, 0) is 11.4 Å². The number of carboxylic acid groups (broad SMARTS) is 1. The van der Waals surface area contributed by atoms with Crippen molar-refractivity contribution in [2.45, 2.75) is 11.8 Å². The molecule has 0 bridgehead atoms. The zero-order chi connectivity index (χ0) is 14.7. The molecule has 1 heterocycles. The van der Waals surface area contributed by atoms with Gasteiger partial charge in [-0.3, -0.25) is 9.36 Å². The molecule has 0 aliphatic carbocycles. The quantitative estimate of drug-likeness (QED) is 0.777. The van der Waals surface area contributed by atoms with Gasteiger partial charge in [-0.15, -0.1) is 10.2 Å². The number of benzene rings is 1. The molecule has 0 unspecified atom stereocenters. The number of aromatic nitrogens is 3. The first-order valence-corrected chi connectivity index (χ1v) is 7.53. The van der Waals surface area contributed by atoms with Gasteiger partial charge in [0.1, 0.15) is 6.61 Å². The molecular formula is C11H9BrClN3O3S. The van der Waals surface area contributed by atoms with Crippen LogP contribution in [0.15, 0.2) is 27.8 Å². The molecule has 0 atom stereocenters. The lowest BCUT2D eigenvalue weighted by Gasteiger charge is -2.10. The lowest BCUT2D eigenvalue weighted by molar-refractivity contribution is -0.133. The van der Waals surface area contributed by atoms with Crippen LogP contribution in [-0.4, -0.2) is 36.7 Å². The highest BCUT2D eigenvalue weighted by atomic mass is 79.9. The van der Waals surface area contributed by atoms with Crippen molar-refractivity contribution in [1.29, 1.82) is 0 Å². The third-order valence-corrected chi connectivity index (χ3v) is 4.04. The molecule has 2 N–H and O–H groups in total. The van der Waals surface area contributed by atoms with Crippen LogP contribution < -0.4 is 0 Å². The average Bonchev–Trinajstić information content (AvgIpc) is 2.82. The lowest BCUT2D eigenvalue weighted by atomic mass is 10.3. The van der Waals surface area contributed by atoms with Gasteiger partial charge in [0.25, 0.3) is 0 Å². The van der Waals surface area contributed by atoms with Gasteiger partial charge in [0.05, 0.1) is 16.5 Å². The minimum atomic E-state index is -0.963. The summed E-state index contributed by atoms with van der Waals surface area (Å²) in [5.41, 5.74) is 0.572. The van der Waals surface area contributed by atoms with Crippen LogP contribution >= 0.6 is 39.3 Å². The SMILES string of the molecule is O=C(O)CSc1nnc(CO)n1-c1cc(Br)ccc1Cl. The summed E-state index contributed by atoms with van der Waals surface area (Å²) >= 11 is 10.5. The number of carbonyl (C=O) groups is 1. The van der Waals surface area contributed by atoms with Crippen LogP contribution in [0, 0.1) is 0 Å². The zero-order valence-corrected chi connectivity index (χ0v) is 13.1. The van der Waals surface area contributed by atoms with Crippen LogP contribution in [0.25, 0.3) is 5.69 Å². The fourth-order valence-corrected chi connectivity index (χ4v) is 2.76. The van der Waals surface area contributed by atoms with Crippen molar-refractivity contribution in [2.75, 3.05) is 5.75 Å². The number of aliphatic hydroxyl groups is 1. The predicted molar refractivity (Wildman–Crippen MR) is 78.4 cm³/mol. The fourth-order valence-electron chi connectivity index (χ4n) is 1.52. The van der Waals surface area contributed by atoms with Crippen LogP contribution in [0.3, 0.4) is 0 Å². The molecule has 0 spiro atoms. The average molecular weight is 379 g/mol. The fraction of sp³-hybridized carbons (Fsp3) is 0.182. The van der Waals surface area contributed by atoms with Crippen molar-refractivity contribution in [1.82, 2.24) is 14.8 Å². The summed E-state index contributed by atoms with van der Waals surface area (Å²) in [6, 6.07) is 5.21. The third kappa shape index (κ3) is 3.32. The molecule has 20 heavy (non-hydrogen) atoms. The van der Waals surface area contributed by atoms with Crippen molar-refractivity contribution in [3.63, 3.8) is 0 Å². The Morgan fingerprint density at radius 1 is 1.45 bits per heavy atom. The first-order valence-electron chi connectivity index (χ1n) is 5.38. The Balaban J connectivity index is 2.50. The molecule has 0 saturated carbocycles. The maximum absolute atomic E-state index is 10.7. The van der Waals surface area contributed by atoms with Gasteiger partial charge < -0.3 is 10.2 Å². The Hall–Kier alpha value is -1.09. The van der Waals surface area contributed by atoms with E-state index in [1.807, 2.05) is 0 Å². The lowest BCUT2D eigenvalue weighted by Crippen LogP contribution is -2.05. The van der Waals surface area contributed by atoms with Crippen LogP contribution in [0.4, 0.5) is 0 Å². The largest absolute Gasteiger partial charge is 0.481 e. The number of carboxylic acids is 1. The van der Waals surface area contributed by atoms with Gasteiger partial charge in [-0.05, 0) is 18.2 Å². The molecule has 0 radical (unpaired) electrons. The number of nitrogens with zero attached hydrogens (tertiary/aromatic N) is 3. The Morgan fingerprint density at radius 3 is 2.85 bits per heavy atom. The van der Waals surface area contributed by atoms with Gasteiger partial charge in [0, 0.05) is 4.47 Å². The van der Waals surface area contributed by atoms with E-state index in [9.17, 15) is 9.90 Å². The number of aliphatic carboxylic acids is 1. The summed E-state index contributed by atoms with van der Waals surface area (Å²) < 4.78 is 2.34. The maximum atomic E-state index is 10.7. The molecule has 1 aromatic heterocycles. The van der Waals surface area contributed by atoms with E-state index in [1.54, 1.807) is 22.8 Å². The van der Waals surface area contributed by atoms with Crippen LogP contribution in [0.1, 0.15) is 5.82 Å². The van der Waals surface area contributed by atoms with Crippen molar-refractivity contribution >= 4 is 45.3 Å². The number of thioether (sulfide) groups is 1. The van der Waals surface area contributed by atoms with E-state index in [4.69, 9.17) is 16.7 Å². The summed E-state index contributed by atoms with van der Waals surface area (Å²) in [6.45, 7) is -0.330. The smallest absolute Gasteiger partial charge is 0.313 e. The molecule has 2 aromatic rings. The predicted octanol–water partition coefficient (Wildman–Crippen LogP) is 2.35. The van der Waals surface area contributed by atoms with Crippen LogP contribution in [0.5, 0.6) is 0 Å². The molecular weight excluding hydrogens is 370 g/mol. The second-order valence-electron chi connectivity index (χ2n) is 3.67. The second kappa shape index (κ2) is 6.57. The summed E-state index contributed by atoms with van der Waals surface area (Å²) in [6.07, 6.45) is 0. The Morgan fingerprint density at radius 2 is 2.20 bits per heavy atom. The maximum Gasteiger partial charge on any atom is 0.313 e. The van der Waals surface area contributed by atoms with Gasteiger partial charge in [-0.1, -0.05) is 39.3 Å². The molecule has 1 aromatic carbocycles. The number of halogens is 2. The van der Waals surface area contributed by atoms with Gasteiger partial charge in [-0.25, -0.2) is 0 Å². The van der Waals surface area contributed by atoms with Crippen molar-refractivity contribution in [2.24, 2.45) is 0 Å². The third-order valence-electron chi connectivity index (χ3n) is 2.32. The first-order chi connectivity index (χ1) is 9.52. The summed E-state index contributed by atoms with van der Waals surface area (Å²) in [5.74, 6) is -0.830. The molecule has 0 aliphatic heterocycles. The zero-order valence-electron chi connectivity index (χ0n) is 9.95. The highest BCUT2D eigenvalue weighted by Crippen LogP contribution is 2.29. The van der Waals surface area contributed by atoms with E-state index >= 15 is 0 Å².